The molecule has 3 aromatic rings. The number of hydrogen-bond acceptors (Lipinski definition) is 6. The lowest BCUT2D eigenvalue weighted by Crippen LogP contribution is -2.14. The van der Waals surface area contributed by atoms with Gasteiger partial charge in [-0.05, 0) is 43.5 Å². The van der Waals surface area contributed by atoms with Crippen LogP contribution in [0.3, 0.4) is 0 Å². The predicted octanol–water partition coefficient (Wildman–Crippen LogP) is 3.16. The van der Waals surface area contributed by atoms with Crippen molar-refractivity contribution in [2.45, 2.75) is 53.1 Å². The van der Waals surface area contributed by atoms with Crippen molar-refractivity contribution in [2.75, 3.05) is 7.11 Å². The average molecular weight is 409 g/mol. The maximum absolute atomic E-state index is 12.8. The van der Waals surface area contributed by atoms with E-state index in [1.807, 2.05) is 48.7 Å². The number of tetrazole rings is 1. The number of benzene rings is 1. The molecular formula is C22H27N5O3. The third-order valence-corrected chi connectivity index (χ3v) is 5.22. The molecule has 0 bridgehead atoms. The van der Waals surface area contributed by atoms with Crippen LogP contribution in [0.1, 0.15) is 47.1 Å². The largest absolute Gasteiger partial charge is 0.469 e. The summed E-state index contributed by atoms with van der Waals surface area (Å²) >= 11 is 0. The molecule has 30 heavy (non-hydrogen) atoms. The van der Waals surface area contributed by atoms with Gasteiger partial charge in [0, 0.05) is 35.5 Å². The highest BCUT2D eigenvalue weighted by Crippen LogP contribution is 2.18. The fraction of sp³-hybridized carbons (Fsp3) is 0.409. The van der Waals surface area contributed by atoms with Gasteiger partial charge in [-0.2, -0.15) is 4.80 Å². The molecule has 0 unspecified atom stereocenters. The van der Waals surface area contributed by atoms with Crippen molar-refractivity contribution < 1.29 is 14.3 Å². The number of methoxy groups -OCH3 is 1. The van der Waals surface area contributed by atoms with E-state index in [1.165, 1.54) is 17.5 Å². The number of Topliss-reactive ketones (excluding diaryl/α,β-unsaturated/α-hetero) is 1. The van der Waals surface area contributed by atoms with Crippen LogP contribution in [-0.4, -0.2) is 43.6 Å². The third kappa shape index (κ3) is 4.82. The molecular weight excluding hydrogens is 382 g/mol. The van der Waals surface area contributed by atoms with Gasteiger partial charge in [0.1, 0.15) is 6.54 Å². The number of nitrogens with zero attached hydrogens (tertiary/aromatic N) is 5. The van der Waals surface area contributed by atoms with Gasteiger partial charge in [0.2, 0.25) is 5.82 Å². The molecule has 0 atom stereocenters. The van der Waals surface area contributed by atoms with E-state index in [0.29, 0.717) is 30.8 Å². The minimum atomic E-state index is -0.230. The second-order valence-electron chi connectivity index (χ2n) is 7.23. The van der Waals surface area contributed by atoms with Crippen molar-refractivity contribution >= 4 is 11.8 Å². The predicted molar refractivity (Wildman–Crippen MR) is 112 cm³/mol. The molecule has 0 saturated heterocycles. The van der Waals surface area contributed by atoms with Crippen molar-refractivity contribution in [1.82, 2.24) is 24.8 Å². The lowest BCUT2D eigenvalue weighted by molar-refractivity contribution is -0.140. The Morgan fingerprint density at radius 1 is 1.13 bits per heavy atom. The summed E-state index contributed by atoms with van der Waals surface area (Å²) in [5.74, 6) is 0.192. The van der Waals surface area contributed by atoms with Gasteiger partial charge in [-0.15, -0.1) is 10.2 Å². The summed E-state index contributed by atoms with van der Waals surface area (Å²) < 4.78 is 6.73. The molecule has 0 aliphatic carbocycles. The van der Waals surface area contributed by atoms with Crippen LogP contribution in [0, 0.1) is 13.8 Å². The quantitative estimate of drug-likeness (QED) is 0.398. The smallest absolute Gasteiger partial charge is 0.305 e. The van der Waals surface area contributed by atoms with E-state index in [1.54, 1.807) is 0 Å². The Balaban J connectivity index is 1.68. The molecule has 0 radical (unpaired) electrons. The van der Waals surface area contributed by atoms with Crippen molar-refractivity contribution in [3.05, 3.63) is 52.8 Å². The van der Waals surface area contributed by atoms with Gasteiger partial charge in [-0.1, -0.05) is 31.2 Å². The Hall–Kier alpha value is -3.29. The van der Waals surface area contributed by atoms with Crippen molar-refractivity contribution in [2.24, 2.45) is 0 Å². The topological polar surface area (TPSA) is 91.9 Å². The van der Waals surface area contributed by atoms with Gasteiger partial charge in [0.25, 0.3) is 0 Å². The van der Waals surface area contributed by atoms with E-state index in [2.05, 4.69) is 27.1 Å². The van der Waals surface area contributed by atoms with E-state index in [0.717, 1.165) is 23.4 Å². The fourth-order valence-corrected chi connectivity index (χ4v) is 3.44. The first-order valence-electron chi connectivity index (χ1n) is 10.1. The fourth-order valence-electron chi connectivity index (χ4n) is 3.44. The summed E-state index contributed by atoms with van der Waals surface area (Å²) in [6.45, 7) is 6.64. The molecule has 0 amide bonds. The molecule has 0 saturated carbocycles. The molecule has 0 aliphatic heterocycles. The van der Waals surface area contributed by atoms with Crippen LogP contribution >= 0.6 is 0 Å². The van der Waals surface area contributed by atoms with Crippen LogP contribution < -0.4 is 0 Å². The van der Waals surface area contributed by atoms with E-state index < -0.39 is 0 Å². The number of esters is 1. The molecule has 3 rings (SSSR count). The lowest BCUT2D eigenvalue weighted by atomic mass is 10.1. The van der Waals surface area contributed by atoms with Crippen LogP contribution in [-0.2, 0) is 29.0 Å². The molecule has 0 fully saturated rings. The number of rotatable bonds is 9. The second kappa shape index (κ2) is 9.47. The zero-order valence-electron chi connectivity index (χ0n) is 17.9. The van der Waals surface area contributed by atoms with Crippen molar-refractivity contribution in [3.63, 3.8) is 0 Å². The van der Waals surface area contributed by atoms with Crippen LogP contribution in [0.5, 0.6) is 0 Å². The third-order valence-electron chi connectivity index (χ3n) is 5.22. The van der Waals surface area contributed by atoms with Gasteiger partial charge in [-0.3, -0.25) is 9.59 Å². The first kappa shape index (κ1) is 21.4. The van der Waals surface area contributed by atoms with Crippen LogP contribution in [0.15, 0.2) is 30.3 Å². The normalized spacial score (nSPS) is 10.9. The zero-order valence-corrected chi connectivity index (χ0v) is 17.9. The first-order chi connectivity index (χ1) is 14.4. The summed E-state index contributed by atoms with van der Waals surface area (Å²) in [5.41, 5.74) is 4.59. The zero-order chi connectivity index (χ0) is 21.7. The van der Waals surface area contributed by atoms with Gasteiger partial charge >= 0.3 is 5.97 Å². The Kier molecular flexibility index (Phi) is 6.76. The summed E-state index contributed by atoms with van der Waals surface area (Å²) in [4.78, 5) is 25.5. The molecule has 2 heterocycles. The standard InChI is InChI=1S/C22H27N5O3/c1-5-17-8-10-18(11-9-17)22-23-25-27(24-22)14-20(28)19-13-15(2)26(16(19)3)12-6-7-21(29)30-4/h8-11,13H,5-7,12,14H2,1-4H3. The van der Waals surface area contributed by atoms with Gasteiger partial charge in [0.05, 0.1) is 7.11 Å². The minimum Gasteiger partial charge on any atom is -0.469 e. The monoisotopic (exact) mass is 409 g/mol. The number of carbonyl (C=O) groups is 2. The Morgan fingerprint density at radius 2 is 1.87 bits per heavy atom. The lowest BCUT2D eigenvalue weighted by Gasteiger charge is -2.09. The van der Waals surface area contributed by atoms with Crippen molar-refractivity contribution in [3.8, 4) is 11.4 Å². The van der Waals surface area contributed by atoms with Crippen LogP contribution in [0.2, 0.25) is 0 Å². The molecule has 2 aromatic heterocycles. The molecule has 0 N–H and O–H groups in total. The average Bonchev–Trinajstić information content (AvgIpc) is 3.33. The summed E-state index contributed by atoms with van der Waals surface area (Å²) in [6, 6.07) is 9.87. The molecule has 1 aromatic carbocycles. The van der Waals surface area contributed by atoms with Crippen LogP contribution in [0.25, 0.3) is 11.4 Å². The van der Waals surface area contributed by atoms with Gasteiger partial charge in [0.15, 0.2) is 5.78 Å². The highest BCUT2D eigenvalue weighted by molar-refractivity contribution is 5.97. The molecule has 8 nitrogen and oxygen atoms in total. The minimum absolute atomic E-state index is 0.0203. The Bertz CT molecular complexity index is 1030. The SMILES string of the molecule is CCc1ccc(-c2nnn(CC(=O)c3cc(C)n(CCCC(=O)OC)c3C)n2)cc1. The molecule has 158 valence electrons. The highest BCUT2D eigenvalue weighted by Gasteiger charge is 2.18. The number of ketones is 1. The Morgan fingerprint density at radius 3 is 2.53 bits per heavy atom. The molecule has 8 heteroatoms. The summed E-state index contributed by atoms with van der Waals surface area (Å²) in [5, 5.41) is 12.5. The van der Waals surface area contributed by atoms with Gasteiger partial charge in [-0.25, -0.2) is 0 Å². The number of aromatic nitrogens is 5. The summed E-state index contributed by atoms with van der Waals surface area (Å²) in [6.07, 6.45) is 1.97. The van der Waals surface area contributed by atoms with Crippen molar-refractivity contribution in [1.29, 1.82) is 0 Å². The van der Waals surface area contributed by atoms with E-state index in [9.17, 15) is 9.59 Å². The number of aryl methyl sites for hydroxylation is 2. The maximum Gasteiger partial charge on any atom is 0.305 e. The van der Waals surface area contributed by atoms with Crippen LogP contribution in [0.4, 0.5) is 0 Å². The second-order valence-corrected chi connectivity index (χ2v) is 7.23. The number of ether oxygens (including phenoxy) is 1. The number of carbonyl (C=O) groups excluding carboxylic acids is 2. The maximum atomic E-state index is 12.8. The number of hydrogen-bond donors (Lipinski definition) is 0. The van der Waals surface area contributed by atoms with E-state index >= 15 is 0 Å². The highest BCUT2D eigenvalue weighted by atomic mass is 16.5. The van der Waals surface area contributed by atoms with E-state index in [4.69, 9.17) is 0 Å². The molecule has 0 spiro atoms. The summed E-state index contributed by atoms with van der Waals surface area (Å²) in [7, 11) is 1.38. The van der Waals surface area contributed by atoms with Gasteiger partial charge < -0.3 is 9.30 Å². The molecule has 0 aliphatic rings. The first-order valence-corrected chi connectivity index (χ1v) is 10.1. The van der Waals surface area contributed by atoms with E-state index in [-0.39, 0.29) is 18.3 Å². The Labute approximate surface area is 175 Å².